The van der Waals surface area contributed by atoms with E-state index in [0.29, 0.717) is 17.9 Å². The van der Waals surface area contributed by atoms with Gasteiger partial charge in [-0.2, -0.15) is 5.10 Å². The van der Waals surface area contributed by atoms with Crippen LogP contribution in [0.25, 0.3) is 22.3 Å². The molecule has 1 aliphatic carbocycles. The van der Waals surface area contributed by atoms with Crippen molar-refractivity contribution >= 4 is 22.5 Å². The Hall–Kier alpha value is -2.71. The second-order valence-electron chi connectivity index (χ2n) is 8.67. The van der Waals surface area contributed by atoms with Gasteiger partial charge in [-0.15, -0.1) is 0 Å². The minimum absolute atomic E-state index is 0.341. The molecular weight excluding hydrogens is 376 g/mol. The van der Waals surface area contributed by atoms with Crippen LogP contribution in [0.1, 0.15) is 31.7 Å². The maximum absolute atomic E-state index is 6.26. The van der Waals surface area contributed by atoms with Crippen molar-refractivity contribution in [1.82, 2.24) is 29.5 Å². The van der Waals surface area contributed by atoms with Crippen LogP contribution in [0, 0.1) is 0 Å². The van der Waals surface area contributed by atoms with Gasteiger partial charge < -0.3 is 16.4 Å². The highest BCUT2D eigenvalue weighted by molar-refractivity contribution is 5.98. The summed E-state index contributed by atoms with van der Waals surface area (Å²) in [7, 11) is 2.21. The molecule has 2 aromatic heterocycles. The molecule has 0 radical (unpaired) electrons. The van der Waals surface area contributed by atoms with E-state index in [0.717, 1.165) is 40.8 Å². The minimum Gasteiger partial charge on any atom is -0.399 e. The van der Waals surface area contributed by atoms with E-state index < -0.39 is 0 Å². The fourth-order valence-electron chi connectivity index (χ4n) is 4.95. The number of fused-ring (bicyclic) bond motifs is 1. The molecule has 1 aliphatic heterocycles. The molecule has 2 aliphatic rings. The van der Waals surface area contributed by atoms with Crippen LogP contribution in [0.5, 0.6) is 0 Å². The van der Waals surface area contributed by atoms with Crippen molar-refractivity contribution < 1.29 is 0 Å². The molecule has 0 atom stereocenters. The second-order valence-corrected chi connectivity index (χ2v) is 8.67. The highest BCUT2D eigenvalue weighted by Gasteiger charge is 2.30. The molecule has 3 aromatic rings. The van der Waals surface area contributed by atoms with Crippen LogP contribution in [0.4, 0.5) is 11.5 Å². The number of hydrogen-bond donors (Lipinski definition) is 2. The first kappa shape index (κ1) is 19.3. The summed E-state index contributed by atoms with van der Waals surface area (Å²) >= 11 is 0. The topological polar surface area (TPSA) is 102 Å². The Balaban J connectivity index is 1.41. The summed E-state index contributed by atoms with van der Waals surface area (Å²) in [5.41, 5.74) is 15.5. The van der Waals surface area contributed by atoms with E-state index in [1.165, 1.54) is 39.0 Å². The van der Waals surface area contributed by atoms with Gasteiger partial charge in [-0.1, -0.05) is 12.1 Å². The smallest absolute Gasteiger partial charge is 0.164 e. The largest absolute Gasteiger partial charge is 0.399 e. The number of nitrogens with two attached hydrogens (primary N) is 2. The molecule has 2 fully saturated rings. The molecular formula is C22H30N8. The maximum atomic E-state index is 6.26. The van der Waals surface area contributed by atoms with Crippen molar-refractivity contribution in [3.8, 4) is 11.3 Å². The third-order valence-corrected chi connectivity index (χ3v) is 6.77. The van der Waals surface area contributed by atoms with Crippen LogP contribution in [0.2, 0.25) is 0 Å². The Bertz CT molecular complexity index is 1010. The monoisotopic (exact) mass is 406 g/mol. The molecule has 5 rings (SSSR count). The first-order chi connectivity index (χ1) is 14.6. The number of nitrogens with zero attached hydrogens (tertiary/aromatic N) is 6. The van der Waals surface area contributed by atoms with Crippen LogP contribution in [-0.2, 0) is 0 Å². The third kappa shape index (κ3) is 3.50. The van der Waals surface area contributed by atoms with Gasteiger partial charge in [0.2, 0.25) is 0 Å². The second kappa shape index (κ2) is 7.85. The van der Waals surface area contributed by atoms with Crippen molar-refractivity contribution in [3.63, 3.8) is 0 Å². The molecule has 1 saturated heterocycles. The number of rotatable bonds is 3. The van der Waals surface area contributed by atoms with Crippen LogP contribution in [0.15, 0.2) is 30.6 Å². The highest BCUT2D eigenvalue weighted by Crippen LogP contribution is 2.37. The highest BCUT2D eigenvalue weighted by atomic mass is 15.3. The molecule has 4 N–H and O–H groups in total. The molecule has 1 aromatic carbocycles. The Morgan fingerprint density at radius 2 is 1.53 bits per heavy atom. The lowest BCUT2D eigenvalue weighted by atomic mass is 9.90. The molecule has 0 bridgehead atoms. The summed E-state index contributed by atoms with van der Waals surface area (Å²) in [6, 6.07) is 8.78. The van der Waals surface area contributed by atoms with Crippen molar-refractivity contribution in [2.24, 2.45) is 0 Å². The molecule has 30 heavy (non-hydrogen) atoms. The predicted molar refractivity (Wildman–Crippen MR) is 120 cm³/mol. The number of aromatic nitrogens is 4. The van der Waals surface area contributed by atoms with E-state index in [1.54, 1.807) is 6.33 Å². The van der Waals surface area contributed by atoms with E-state index in [4.69, 9.17) is 16.6 Å². The Morgan fingerprint density at radius 1 is 0.867 bits per heavy atom. The van der Waals surface area contributed by atoms with Crippen LogP contribution >= 0.6 is 0 Å². The Kier molecular flexibility index (Phi) is 5.04. The van der Waals surface area contributed by atoms with Crippen molar-refractivity contribution in [3.05, 3.63) is 30.6 Å². The molecule has 1 saturated carbocycles. The van der Waals surface area contributed by atoms with Gasteiger partial charge in [0.1, 0.15) is 17.8 Å². The lowest BCUT2D eigenvalue weighted by Gasteiger charge is -2.41. The van der Waals surface area contributed by atoms with Crippen LogP contribution < -0.4 is 11.5 Å². The number of hydrogen-bond acceptors (Lipinski definition) is 7. The van der Waals surface area contributed by atoms with Gasteiger partial charge in [0.15, 0.2) is 5.65 Å². The molecule has 3 heterocycles. The Labute approximate surface area is 176 Å². The molecule has 0 amide bonds. The third-order valence-electron chi connectivity index (χ3n) is 6.77. The van der Waals surface area contributed by atoms with Crippen molar-refractivity contribution in [2.45, 2.75) is 37.8 Å². The average Bonchev–Trinajstić information content (AvgIpc) is 3.16. The van der Waals surface area contributed by atoms with E-state index >= 15 is 0 Å². The van der Waals surface area contributed by atoms with Crippen molar-refractivity contribution in [2.75, 3.05) is 44.7 Å². The summed E-state index contributed by atoms with van der Waals surface area (Å²) in [5.74, 6) is 0.476. The van der Waals surface area contributed by atoms with Crippen molar-refractivity contribution in [1.29, 1.82) is 0 Å². The first-order valence-electron chi connectivity index (χ1n) is 10.9. The van der Waals surface area contributed by atoms with Crippen LogP contribution in [-0.4, -0.2) is 68.8 Å². The summed E-state index contributed by atoms with van der Waals surface area (Å²) < 4.78 is 2.10. The van der Waals surface area contributed by atoms with E-state index in [1.807, 2.05) is 24.3 Å². The number of nitrogen functional groups attached to an aromatic ring is 2. The normalized spacial score (nSPS) is 23.8. The fourth-order valence-corrected chi connectivity index (χ4v) is 4.95. The molecule has 158 valence electrons. The van der Waals surface area contributed by atoms with Gasteiger partial charge in [0, 0.05) is 43.5 Å². The zero-order chi connectivity index (χ0) is 20.7. The zero-order valence-corrected chi connectivity index (χ0v) is 17.5. The zero-order valence-electron chi connectivity index (χ0n) is 17.5. The Morgan fingerprint density at radius 3 is 2.23 bits per heavy atom. The summed E-state index contributed by atoms with van der Waals surface area (Å²) in [4.78, 5) is 13.9. The standard InChI is InChI=1S/C22H30N8/c1-28-10-12-29(13-11-28)17-6-8-18(9-7-17)30-22-19(21(24)25-14-26-22)20(27-30)15-2-4-16(23)5-3-15/h2-5,14,17-18H,6-13,23H2,1H3,(H2,24,25,26)/t17-,18+. The van der Waals surface area contributed by atoms with Gasteiger partial charge in [-0.3, -0.25) is 4.90 Å². The number of likely N-dealkylation sites (N-methyl/N-ethyl adjacent to an activating group) is 1. The van der Waals surface area contributed by atoms with Gasteiger partial charge in [0.05, 0.1) is 11.4 Å². The summed E-state index contributed by atoms with van der Waals surface area (Å²) in [6.07, 6.45) is 6.16. The van der Waals surface area contributed by atoms with Gasteiger partial charge in [-0.05, 0) is 44.9 Å². The van der Waals surface area contributed by atoms with Gasteiger partial charge in [0.25, 0.3) is 0 Å². The quantitative estimate of drug-likeness (QED) is 0.644. The maximum Gasteiger partial charge on any atom is 0.164 e. The first-order valence-corrected chi connectivity index (χ1v) is 10.9. The molecule has 0 spiro atoms. The van der Waals surface area contributed by atoms with Crippen LogP contribution in [0.3, 0.4) is 0 Å². The SMILES string of the molecule is CN1CCN([C@H]2CC[C@@H](n3nc(-c4ccc(N)cc4)c4c(N)ncnc43)CC2)CC1. The molecule has 0 unspecified atom stereocenters. The average molecular weight is 407 g/mol. The van der Waals surface area contributed by atoms with E-state index in [-0.39, 0.29) is 0 Å². The van der Waals surface area contributed by atoms with E-state index in [2.05, 4.69) is 31.5 Å². The lowest BCUT2D eigenvalue weighted by molar-refractivity contribution is 0.0815. The summed E-state index contributed by atoms with van der Waals surface area (Å²) in [6.45, 7) is 4.71. The minimum atomic E-state index is 0.341. The van der Waals surface area contributed by atoms with Gasteiger partial charge in [-0.25, -0.2) is 14.6 Å². The number of anilines is 2. The molecule has 8 heteroatoms. The fraction of sp³-hybridized carbons (Fsp3) is 0.500. The van der Waals surface area contributed by atoms with E-state index in [9.17, 15) is 0 Å². The molecule has 8 nitrogen and oxygen atoms in total. The summed E-state index contributed by atoms with van der Waals surface area (Å²) in [5, 5.41) is 5.83. The number of benzene rings is 1. The number of piperazine rings is 1. The van der Waals surface area contributed by atoms with Gasteiger partial charge >= 0.3 is 0 Å². The lowest BCUT2D eigenvalue weighted by Crippen LogP contribution is -2.49. The predicted octanol–water partition coefficient (Wildman–Crippen LogP) is 2.39.